The Morgan fingerprint density at radius 3 is 3.11 bits per heavy atom. The van der Waals surface area contributed by atoms with Crippen LogP contribution in [0.25, 0.3) is 0 Å². The molecule has 5 nitrogen and oxygen atoms in total. The maximum absolute atomic E-state index is 13.4. The zero-order chi connectivity index (χ0) is 18.6. The maximum Gasteiger partial charge on any atom is 0.258 e. The van der Waals surface area contributed by atoms with E-state index in [1.807, 2.05) is 0 Å². The van der Waals surface area contributed by atoms with Crippen LogP contribution in [0.3, 0.4) is 0 Å². The minimum Gasteiger partial charge on any atom is -0.330 e. The van der Waals surface area contributed by atoms with Gasteiger partial charge in [0.1, 0.15) is 6.54 Å². The normalized spacial score (nSPS) is 44.4. The number of hydrogen-bond acceptors (Lipinski definition) is 4. The molecule has 7 unspecified atom stereocenters. The highest BCUT2D eigenvalue weighted by atomic mass is 16.7. The predicted molar refractivity (Wildman–Crippen MR) is 101 cm³/mol. The van der Waals surface area contributed by atoms with E-state index in [9.17, 15) is 4.79 Å². The van der Waals surface area contributed by atoms with Gasteiger partial charge in [0.25, 0.3) is 5.91 Å². The lowest BCUT2D eigenvalue weighted by Crippen LogP contribution is -2.56. The lowest BCUT2D eigenvalue weighted by atomic mass is 9.56. The first kappa shape index (κ1) is 17.5. The topological polar surface area (TPSA) is 65.4 Å². The molecule has 3 saturated carbocycles. The Labute approximate surface area is 161 Å². The minimum atomic E-state index is -0.750. The summed E-state index contributed by atoms with van der Waals surface area (Å²) in [6, 6.07) is 2.11. The number of carbonyl (C=O) groups excluding carboxylic acids is 1. The summed E-state index contributed by atoms with van der Waals surface area (Å²) in [5.41, 5.74) is 3.95. The molecule has 0 aromatic carbocycles. The quantitative estimate of drug-likeness (QED) is 0.602. The fraction of sp³-hybridized carbons (Fsp3) is 0.727. The zero-order valence-corrected chi connectivity index (χ0v) is 16.1. The molecule has 1 aliphatic heterocycles. The van der Waals surface area contributed by atoms with Crippen molar-refractivity contribution in [3.8, 4) is 6.07 Å². The second-order valence-electron chi connectivity index (χ2n) is 9.18. The number of nitriles is 1. The van der Waals surface area contributed by atoms with Crippen LogP contribution in [0.15, 0.2) is 23.8 Å². The van der Waals surface area contributed by atoms with Gasteiger partial charge in [-0.15, -0.1) is 0 Å². The van der Waals surface area contributed by atoms with Crippen molar-refractivity contribution in [2.24, 2.45) is 35.5 Å². The molecule has 5 aliphatic rings. The minimum absolute atomic E-state index is 0.0129. The summed E-state index contributed by atoms with van der Waals surface area (Å²) >= 11 is 0. The molecular weight excluding hydrogens is 338 g/mol. The summed E-state index contributed by atoms with van der Waals surface area (Å²) in [6.07, 6.45) is 14.2. The van der Waals surface area contributed by atoms with E-state index in [-0.39, 0.29) is 24.3 Å². The molecule has 5 heteroatoms. The van der Waals surface area contributed by atoms with Crippen molar-refractivity contribution in [1.29, 1.82) is 5.26 Å². The van der Waals surface area contributed by atoms with E-state index in [0.717, 1.165) is 31.7 Å². The molecule has 1 N–H and O–H groups in total. The Morgan fingerprint density at radius 1 is 1.37 bits per heavy atom. The Bertz CT molecular complexity index is 738. The largest absolute Gasteiger partial charge is 0.330 e. The van der Waals surface area contributed by atoms with Crippen LogP contribution in [0.4, 0.5) is 0 Å². The SMILES string of the molecule is CN(CC#N)C(=O)C12ONCC1CC1C3CCC4=CCC=CC4C3CCC12. The Hall–Kier alpha value is -1.64. The lowest BCUT2D eigenvalue weighted by Gasteiger charge is -2.50. The van der Waals surface area contributed by atoms with Gasteiger partial charge < -0.3 is 4.90 Å². The predicted octanol–water partition coefficient (Wildman–Crippen LogP) is 2.82. The number of allylic oxidation sites excluding steroid dienone is 4. The van der Waals surface area contributed by atoms with Crippen molar-refractivity contribution in [1.82, 2.24) is 10.4 Å². The lowest BCUT2D eigenvalue weighted by molar-refractivity contribution is -0.172. The van der Waals surface area contributed by atoms with E-state index in [1.54, 1.807) is 17.5 Å². The number of amides is 1. The van der Waals surface area contributed by atoms with E-state index >= 15 is 0 Å². The van der Waals surface area contributed by atoms with Crippen molar-refractivity contribution in [3.63, 3.8) is 0 Å². The second kappa shape index (κ2) is 6.46. The molecule has 7 atom stereocenters. The molecule has 0 spiro atoms. The first-order valence-corrected chi connectivity index (χ1v) is 10.6. The van der Waals surface area contributed by atoms with Gasteiger partial charge in [0.05, 0.1) is 6.07 Å². The van der Waals surface area contributed by atoms with Crippen LogP contribution in [0.2, 0.25) is 0 Å². The number of carbonyl (C=O) groups is 1. The molecule has 5 rings (SSSR count). The molecule has 144 valence electrons. The number of nitrogens with zero attached hydrogens (tertiary/aromatic N) is 2. The summed E-state index contributed by atoms with van der Waals surface area (Å²) in [5.74, 6) is 3.17. The summed E-state index contributed by atoms with van der Waals surface area (Å²) in [5, 5.41) is 9.05. The maximum atomic E-state index is 13.4. The average molecular weight is 367 g/mol. The molecule has 4 fully saturated rings. The van der Waals surface area contributed by atoms with Crippen molar-refractivity contribution in [3.05, 3.63) is 23.8 Å². The molecule has 1 amide bonds. The number of nitrogens with one attached hydrogen (secondary N) is 1. The molecule has 1 saturated heterocycles. The third-order valence-corrected chi connectivity index (χ3v) is 8.22. The van der Waals surface area contributed by atoms with Crippen LogP contribution in [-0.2, 0) is 9.63 Å². The Morgan fingerprint density at radius 2 is 2.26 bits per heavy atom. The third kappa shape index (κ3) is 2.39. The van der Waals surface area contributed by atoms with Crippen molar-refractivity contribution in [2.45, 2.75) is 44.1 Å². The molecule has 0 aromatic heterocycles. The zero-order valence-electron chi connectivity index (χ0n) is 16.1. The first-order valence-electron chi connectivity index (χ1n) is 10.6. The van der Waals surface area contributed by atoms with Gasteiger partial charge in [-0.05, 0) is 56.3 Å². The fourth-order valence-electron chi connectivity index (χ4n) is 7.20. The summed E-state index contributed by atoms with van der Waals surface area (Å²) in [7, 11) is 1.74. The van der Waals surface area contributed by atoms with Gasteiger partial charge >= 0.3 is 0 Å². The molecule has 4 aliphatic carbocycles. The van der Waals surface area contributed by atoms with Crippen LogP contribution >= 0.6 is 0 Å². The van der Waals surface area contributed by atoms with Crippen LogP contribution in [-0.4, -0.2) is 36.5 Å². The number of hydrogen-bond donors (Lipinski definition) is 1. The van der Waals surface area contributed by atoms with Gasteiger partial charge in [-0.3, -0.25) is 9.63 Å². The summed E-state index contributed by atoms with van der Waals surface area (Å²) in [4.78, 5) is 21.0. The number of hydroxylamine groups is 1. The number of rotatable bonds is 2. The Kier molecular flexibility index (Phi) is 4.18. The van der Waals surface area contributed by atoms with Gasteiger partial charge in [0.2, 0.25) is 0 Å². The van der Waals surface area contributed by atoms with Crippen LogP contribution in [0, 0.1) is 46.8 Å². The standard InChI is InChI=1S/C22H29N3O2/c1-25(11-10-23)21(26)22-15(13-24-27-22)12-19-18-7-6-14-4-2-3-5-16(14)17(18)8-9-20(19)22/h3-5,15-20,24H,2,6-9,11-13H2,1H3. The highest BCUT2D eigenvalue weighted by molar-refractivity contribution is 5.87. The third-order valence-electron chi connectivity index (χ3n) is 8.22. The van der Waals surface area contributed by atoms with E-state index in [0.29, 0.717) is 17.8 Å². The van der Waals surface area contributed by atoms with Crippen molar-refractivity contribution < 1.29 is 9.63 Å². The highest BCUT2D eigenvalue weighted by Crippen LogP contribution is 2.62. The number of fused-ring (bicyclic) bond motifs is 7. The van der Waals surface area contributed by atoms with Crippen molar-refractivity contribution in [2.75, 3.05) is 20.1 Å². The van der Waals surface area contributed by atoms with Crippen LogP contribution < -0.4 is 5.48 Å². The van der Waals surface area contributed by atoms with Gasteiger partial charge in [-0.25, -0.2) is 5.48 Å². The van der Waals surface area contributed by atoms with E-state index in [2.05, 4.69) is 29.8 Å². The fourth-order valence-corrected chi connectivity index (χ4v) is 7.20. The highest BCUT2D eigenvalue weighted by Gasteiger charge is 2.67. The smallest absolute Gasteiger partial charge is 0.258 e. The first-order chi connectivity index (χ1) is 13.2. The Balaban J connectivity index is 1.45. The summed E-state index contributed by atoms with van der Waals surface area (Å²) in [6.45, 7) is 0.881. The number of likely N-dealkylation sites (N-methyl/N-ethyl adjacent to an activating group) is 1. The van der Waals surface area contributed by atoms with E-state index in [1.165, 1.54) is 19.3 Å². The molecule has 0 bridgehead atoms. The monoisotopic (exact) mass is 367 g/mol. The van der Waals surface area contributed by atoms with Gasteiger partial charge in [0.15, 0.2) is 5.60 Å². The van der Waals surface area contributed by atoms with E-state index < -0.39 is 5.60 Å². The molecular formula is C22H29N3O2. The molecule has 0 radical (unpaired) electrons. The van der Waals surface area contributed by atoms with Gasteiger partial charge in [-0.1, -0.05) is 23.8 Å². The van der Waals surface area contributed by atoms with Gasteiger partial charge in [0, 0.05) is 31.3 Å². The van der Waals surface area contributed by atoms with Crippen LogP contribution in [0.5, 0.6) is 0 Å². The van der Waals surface area contributed by atoms with Crippen molar-refractivity contribution >= 4 is 5.91 Å². The van der Waals surface area contributed by atoms with Crippen LogP contribution in [0.1, 0.15) is 38.5 Å². The second-order valence-corrected chi connectivity index (χ2v) is 9.18. The van der Waals surface area contributed by atoms with E-state index in [4.69, 9.17) is 10.1 Å². The molecule has 0 aromatic rings. The summed E-state index contributed by atoms with van der Waals surface area (Å²) < 4.78 is 0. The molecule has 27 heavy (non-hydrogen) atoms. The van der Waals surface area contributed by atoms with Gasteiger partial charge in [-0.2, -0.15) is 5.26 Å². The average Bonchev–Trinajstić information content (AvgIpc) is 3.24. The molecule has 1 heterocycles.